The molecule has 6 nitrogen and oxygen atoms in total. The second-order valence-electron chi connectivity index (χ2n) is 8.10. The van der Waals surface area contributed by atoms with E-state index in [1.165, 1.54) is 0 Å². The van der Waals surface area contributed by atoms with Crippen molar-refractivity contribution in [3.05, 3.63) is 119 Å². The van der Waals surface area contributed by atoms with Crippen LogP contribution in [0, 0.1) is 0 Å². The third-order valence-corrected chi connectivity index (χ3v) is 5.74. The lowest BCUT2D eigenvalue weighted by atomic mass is 10.0. The first kappa shape index (κ1) is 28.0. The zero-order valence-corrected chi connectivity index (χ0v) is 22.1. The van der Waals surface area contributed by atoms with Gasteiger partial charge in [-0.15, -0.1) is 0 Å². The number of esters is 2. The van der Waals surface area contributed by atoms with Crippen molar-refractivity contribution in [3.63, 3.8) is 0 Å². The van der Waals surface area contributed by atoms with Gasteiger partial charge < -0.3 is 18.9 Å². The summed E-state index contributed by atoms with van der Waals surface area (Å²) in [6, 6.07) is 29.1. The minimum Gasteiger partial charge on any atom is -0.496 e. The Hall–Kier alpha value is -4.58. The van der Waals surface area contributed by atoms with Gasteiger partial charge in [0.2, 0.25) is 0 Å². The van der Waals surface area contributed by atoms with Crippen LogP contribution >= 0.6 is 0 Å². The molecule has 0 amide bonds. The highest BCUT2D eigenvalue weighted by Gasteiger charge is 2.19. The molecule has 0 aromatic heterocycles. The van der Waals surface area contributed by atoms with Crippen LogP contribution in [0.1, 0.15) is 45.7 Å². The molecule has 4 rings (SSSR count). The summed E-state index contributed by atoms with van der Waals surface area (Å²) in [4.78, 5) is 24.5. The average molecular weight is 513 g/mol. The van der Waals surface area contributed by atoms with E-state index in [2.05, 4.69) is 0 Å². The topological polar surface area (TPSA) is 71.1 Å². The first-order chi connectivity index (χ1) is 18.5. The lowest BCUT2D eigenvalue weighted by molar-refractivity contribution is 0.0720. The SMILES string of the molecule is CCc1cccc(OC)c1C(=O)Oc1ccccc1.CCc1cccc(OC)c1C(=O)Oc1ccccc1. The van der Waals surface area contributed by atoms with Gasteiger partial charge in [-0.25, -0.2) is 9.59 Å². The van der Waals surface area contributed by atoms with Gasteiger partial charge in [-0.05, 0) is 60.4 Å². The Balaban J connectivity index is 0.000000211. The van der Waals surface area contributed by atoms with E-state index < -0.39 is 0 Å². The summed E-state index contributed by atoms with van der Waals surface area (Å²) in [7, 11) is 3.10. The van der Waals surface area contributed by atoms with Gasteiger partial charge in [0.1, 0.15) is 34.1 Å². The van der Waals surface area contributed by atoms with Crippen molar-refractivity contribution in [2.45, 2.75) is 26.7 Å². The number of methoxy groups -OCH3 is 2. The summed E-state index contributed by atoms with van der Waals surface area (Å²) in [5.74, 6) is 1.36. The van der Waals surface area contributed by atoms with E-state index in [4.69, 9.17) is 18.9 Å². The molecule has 0 saturated carbocycles. The maximum Gasteiger partial charge on any atom is 0.347 e. The fourth-order valence-electron chi connectivity index (χ4n) is 3.84. The predicted octanol–water partition coefficient (Wildman–Crippen LogP) is 6.95. The summed E-state index contributed by atoms with van der Waals surface area (Å²) in [5, 5.41) is 0. The molecule has 0 saturated heterocycles. The molecule has 0 aliphatic heterocycles. The average Bonchev–Trinajstić information content (AvgIpc) is 2.97. The van der Waals surface area contributed by atoms with E-state index in [0.717, 1.165) is 24.0 Å². The highest BCUT2D eigenvalue weighted by molar-refractivity contribution is 5.96. The standard InChI is InChI=1S/2C16H16O3/c2*1-3-12-8-7-11-14(18-2)15(12)16(17)19-13-9-5-4-6-10-13/h2*4-11H,3H2,1-2H3. The van der Waals surface area contributed by atoms with E-state index in [9.17, 15) is 9.59 Å². The molecule has 0 bridgehead atoms. The minimum atomic E-state index is -0.388. The van der Waals surface area contributed by atoms with Crippen molar-refractivity contribution in [1.29, 1.82) is 0 Å². The number of benzene rings is 4. The summed E-state index contributed by atoms with van der Waals surface area (Å²) >= 11 is 0. The molecular formula is C32H32O6. The first-order valence-electron chi connectivity index (χ1n) is 12.4. The molecule has 196 valence electrons. The number of carbonyl (C=O) groups excluding carboxylic acids is 2. The molecule has 0 radical (unpaired) electrons. The Morgan fingerprint density at radius 3 is 1.21 bits per heavy atom. The van der Waals surface area contributed by atoms with Crippen molar-refractivity contribution >= 4 is 11.9 Å². The van der Waals surface area contributed by atoms with Crippen LogP contribution < -0.4 is 18.9 Å². The lowest BCUT2D eigenvalue weighted by Crippen LogP contribution is -2.12. The van der Waals surface area contributed by atoms with Gasteiger partial charge in [-0.1, -0.05) is 74.5 Å². The Morgan fingerprint density at radius 1 is 0.526 bits per heavy atom. The van der Waals surface area contributed by atoms with E-state index in [1.807, 2.05) is 74.5 Å². The number of aryl methyl sites for hydroxylation is 2. The Kier molecular flexibility index (Phi) is 10.5. The van der Waals surface area contributed by atoms with Crippen LogP contribution in [0.4, 0.5) is 0 Å². The lowest BCUT2D eigenvalue weighted by Gasteiger charge is -2.12. The fourth-order valence-corrected chi connectivity index (χ4v) is 3.84. The van der Waals surface area contributed by atoms with Gasteiger partial charge in [-0.3, -0.25) is 0 Å². The molecule has 0 aliphatic rings. The summed E-state index contributed by atoms with van der Waals surface area (Å²) in [5.41, 5.74) is 2.83. The first-order valence-corrected chi connectivity index (χ1v) is 12.4. The van der Waals surface area contributed by atoms with Crippen LogP contribution in [-0.4, -0.2) is 26.2 Å². The molecule has 4 aromatic rings. The zero-order chi connectivity index (χ0) is 27.3. The normalized spacial score (nSPS) is 10.0. The molecule has 0 fully saturated rings. The second kappa shape index (κ2) is 14.2. The van der Waals surface area contributed by atoms with Crippen molar-refractivity contribution in [2.75, 3.05) is 14.2 Å². The fraction of sp³-hybridized carbons (Fsp3) is 0.188. The largest absolute Gasteiger partial charge is 0.496 e. The summed E-state index contributed by atoms with van der Waals surface area (Å²) in [6.45, 7) is 3.99. The van der Waals surface area contributed by atoms with Gasteiger partial charge >= 0.3 is 11.9 Å². The van der Waals surface area contributed by atoms with Crippen molar-refractivity contribution < 1.29 is 28.5 Å². The van der Waals surface area contributed by atoms with Gasteiger partial charge in [0.25, 0.3) is 0 Å². The minimum absolute atomic E-state index is 0.388. The van der Waals surface area contributed by atoms with Gasteiger partial charge in [0.15, 0.2) is 0 Å². The Labute approximate surface area is 223 Å². The third-order valence-electron chi connectivity index (χ3n) is 5.74. The Morgan fingerprint density at radius 2 is 0.895 bits per heavy atom. The molecule has 4 aromatic carbocycles. The molecule has 0 N–H and O–H groups in total. The van der Waals surface area contributed by atoms with Gasteiger partial charge in [0, 0.05) is 0 Å². The van der Waals surface area contributed by atoms with Crippen LogP contribution in [0.5, 0.6) is 23.0 Å². The van der Waals surface area contributed by atoms with Crippen LogP contribution in [0.2, 0.25) is 0 Å². The van der Waals surface area contributed by atoms with E-state index >= 15 is 0 Å². The molecule has 0 atom stereocenters. The quantitative estimate of drug-likeness (QED) is 0.188. The molecule has 38 heavy (non-hydrogen) atoms. The highest BCUT2D eigenvalue weighted by Crippen LogP contribution is 2.26. The van der Waals surface area contributed by atoms with Crippen LogP contribution in [-0.2, 0) is 12.8 Å². The van der Waals surface area contributed by atoms with Crippen LogP contribution in [0.15, 0.2) is 97.1 Å². The van der Waals surface area contributed by atoms with E-state index in [0.29, 0.717) is 34.1 Å². The van der Waals surface area contributed by atoms with Crippen molar-refractivity contribution in [1.82, 2.24) is 0 Å². The van der Waals surface area contributed by atoms with Gasteiger partial charge in [0.05, 0.1) is 14.2 Å². The van der Waals surface area contributed by atoms with Crippen molar-refractivity contribution in [3.8, 4) is 23.0 Å². The number of carbonyl (C=O) groups is 2. The maximum atomic E-state index is 12.3. The van der Waals surface area contributed by atoms with Gasteiger partial charge in [-0.2, -0.15) is 0 Å². The number of hydrogen-bond donors (Lipinski definition) is 0. The molecule has 0 aliphatic carbocycles. The number of rotatable bonds is 8. The smallest absolute Gasteiger partial charge is 0.347 e. The summed E-state index contributed by atoms with van der Waals surface area (Å²) < 4.78 is 21.2. The van der Waals surface area contributed by atoms with Crippen LogP contribution in [0.3, 0.4) is 0 Å². The van der Waals surface area contributed by atoms with Crippen molar-refractivity contribution in [2.24, 2.45) is 0 Å². The predicted molar refractivity (Wildman–Crippen MR) is 148 cm³/mol. The van der Waals surface area contributed by atoms with E-state index in [-0.39, 0.29) is 11.9 Å². The monoisotopic (exact) mass is 512 g/mol. The number of ether oxygens (including phenoxy) is 4. The molecule has 0 heterocycles. The number of para-hydroxylation sites is 2. The molecule has 0 spiro atoms. The third kappa shape index (κ3) is 7.23. The maximum absolute atomic E-state index is 12.3. The zero-order valence-electron chi connectivity index (χ0n) is 22.1. The van der Waals surface area contributed by atoms with E-state index in [1.54, 1.807) is 50.6 Å². The Bertz CT molecular complexity index is 1180. The molecular weight excluding hydrogens is 480 g/mol. The number of hydrogen-bond acceptors (Lipinski definition) is 6. The van der Waals surface area contributed by atoms with Crippen LogP contribution in [0.25, 0.3) is 0 Å². The summed E-state index contributed by atoms with van der Waals surface area (Å²) in [6.07, 6.45) is 1.49. The highest BCUT2D eigenvalue weighted by atomic mass is 16.5. The molecule has 0 unspecified atom stereocenters. The second-order valence-corrected chi connectivity index (χ2v) is 8.10. The molecule has 6 heteroatoms.